The Morgan fingerprint density at radius 1 is 1.15 bits per heavy atom. The van der Waals surface area contributed by atoms with Crippen LogP contribution in [-0.2, 0) is 4.74 Å². The summed E-state index contributed by atoms with van der Waals surface area (Å²) in [5, 5.41) is 4.10. The van der Waals surface area contributed by atoms with Gasteiger partial charge in [-0.25, -0.2) is 14.4 Å². The van der Waals surface area contributed by atoms with E-state index in [0.29, 0.717) is 24.6 Å². The van der Waals surface area contributed by atoms with Gasteiger partial charge in [-0.3, -0.25) is 0 Å². The van der Waals surface area contributed by atoms with Crippen molar-refractivity contribution in [3.8, 4) is 22.6 Å². The molecule has 7 heteroatoms. The minimum atomic E-state index is -0.279. The van der Waals surface area contributed by atoms with E-state index in [0.717, 1.165) is 26.5 Å². The van der Waals surface area contributed by atoms with Gasteiger partial charge in [0.25, 0.3) is 0 Å². The fourth-order valence-corrected chi connectivity index (χ4v) is 3.60. The molecule has 0 saturated heterocycles. The summed E-state index contributed by atoms with van der Waals surface area (Å²) in [5.41, 5.74) is 3.32. The Bertz CT molecular complexity index is 1030. The smallest absolute Gasteiger partial charge is 0.183 e. The van der Waals surface area contributed by atoms with Crippen LogP contribution < -0.4 is 5.32 Å². The largest absolute Gasteiger partial charge is 0.443 e. The van der Waals surface area contributed by atoms with E-state index in [1.54, 1.807) is 30.6 Å². The average Bonchev–Trinajstić information content (AvgIpc) is 3.28. The first-order valence-electron chi connectivity index (χ1n) is 8.08. The van der Waals surface area contributed by atoms with Crippen molar-refractivity contribution in [2.75, 3.05) is 25.6 Å². The first-order valence-corrected chi connectivity index (χ1v) is 8.89. The molecule has 2 heterocycles. The monoisotopic (exact) mass is 369 g/mol. The zero-order chi connectivity index (χ0) is 17.9. The van der Waals surface area contributed by atoms with E-state index in [1.807, 2.05) is 18.2 Å². The summed E-state index contributed by atoms with van der Waals surface area (Å²) in [5.74, 6) is 0.374. The van der Waals surface area contributed by atoms with Gasteiger partial charge >= 0.3 is 0 Å². The second-order valence-corrected chi connectivity index (χ2v) is 6.69. The molecule has 0 radical (unpaired) electrons. The lowest BCUT2D eigenvalue weighted by Crippen LogP contribution is -2.06. The highest BCUT2D eigenvalue weighted by molar-refractivity contribution is 7.22. The van der Waals surface area contributed by atoms with E-state index < -0.39 is 0 Å². The number of rotatable bonds is 6. The Morgan fingerprint density at radius 3 is 2.77 bits per heavy atom. The van der Waals surface area contributed by atoms with Crippen LogP contribution in [0.3, 0.4) is 0 Å². The van der Waals surface area contributed by atoms with Gasteiger partial charge in [-0.05, 0) is 42.5 Å². The minimum absolute atomic E-state index is 0.279. The average molecular weight is 369 g/mol. The van der Waals surface area contributed by atoms with Crippen LogP contribution in [0.4, 0.5) is 9.52 Å². The predicted molar refractivity (Wildman–Crippen MR) is 101 cm³/mol. The molecule has 0 bridgehead atoms. The molecule has 2 aromatic carbocycles. The maximum absolute atomic E-state index is 13.2. The second-order valence-electron chi connectivity index (χ2n) is 5.66. The van der Waals surface area contributed by atoms with Gasteiger partial charge in [0.15, 0.2) is 17.3 Å². The van der Waals surface area contributed by atoms with E-state index in [9.17, 15) is 4.39 Å². The van der Waals surface area contributed by atoms with Crippen LogP contribution in [0.15, 0.2) is 53.3 Å². The summed E-state index contributed by atoms with van der Waals surface area (Å²) in [6.07, 6.45) is 1.41. The minimum Gasteiger partial charge on any atom is -0.443 e. The molecule has 0 amide bonds. The molecule has 0 unspecified atom stereocenters. The van der Waals surface area contributed by atoms with Gasteiger partial charge < -0.3 is 14.5 Å². The Morgan fingerprint density at radius 2 is 1.96 bits per heavy atom. The summed E-state index contributed by atoms with van der Waals surface area (Å²) in [4.78, 5) is 8.86. The third kappa shape index (κ3) is 3.31. The molecule has 4 rings (SSSR count). The lowest BCUT2D eigenvalue weighted by molar-refractivity contribution is 0.211. The molecule has 0 atom stereocenters. The van der Waals surface area contributed by atoms with Crippen molar-refractivity contribution in [3.63, 3.8) is 0 Å². The number of fused-ring (bicyclic) bond motifs is 1. The Hall–Kier alpha value is -2.77. The number of methoxy groups -OCH3 is 1. The fraction of sp³-hybridized carbons (Fsp3) is 0.158. The zero-order valence-electron chi connectivity index (χ0n) is 14.0. The van der Waals surface area contributed by atoms with E-state index >= 15 is 0 Å². The van der Waals surface area contributed by atoms with Crippen molar-refractivity contribution >= 4 is 26.7 Å². The van der Waals surface area contributed by atoms with E-state index in [4.69, 9.17) is 9.15 Å². The van der Waals surface area contributed by atoms with Crippen LogP contribution in [0.25, 0.3) is 32.8 Å². The Labute approximate surface area is 153 Å². The normalized spacial score (nSPS) is 11.2. The summed E-state index contributed by atoms with van der Waals surface area (Å²) in [6, 6.07) is 12.2. The third-order valence-corrected chi connectivity index (χ3v) is 4.89. The SMILES string of the molecule is COCCNc1nc2ccc(-c3ocnc3-c3ccc(F)cc3)cc2s1. The number of oxazole rings is 1. The van der Waals surface area contributed by atoms with Crippen LogP contribution in [0.2, 0.25) is 0 Å². The fourth-order valence-electron chi connectivity index (χ4n) is 2.67. The highest BCUT2D eigenvalue weighted by Gasteiger charge is 2.14. The Kier molecular flexibility index (Phi) is 4.64. The predicted octanol–water partition coefficient (Wildman–Crippen LogP) is 4.82. The van der Waals surface area contributed by atoms with Crippen LogP contribution >= 0.6 is 11.3 Å². The maximum Gasteiger partial charge on any atom is 0.183 e. The molecule has 132 valence electrons. The molecular formula is C19H16FN3O2S. The molecule has 0 aliphatic carbocycles. The van der Waals surface area contributed by atoms with Crippen molar-refractivity contribution in [1.29, 1.82) is 0 Å². The third-order valence-electron chi connectivity index (χ3n) is 3.92. The van der Waals surface area contributed by atoms with Crippen molar-refractivity contribution in [2.24, 2.45) is 0 Å². The van der Waals surface area contributed by atoms with Gasteiger partial charge in [-0.1, -0.05) is 11.3 Å². The highest BCUT2D eigenvalue weighted by Crippen LogP contribution is 2.35. The molecule has 0 fully saturated rings. The van der Waals surface area contributed by atoms with Gasteiger partial charge in [0.2, 0.25) is 0 Å². The zero-order valence-corrected chi connectivity index (χ0v) is 14.8. The lowest BCUT2D eigenvalue weighted by Gasteiger charge is -2.02. The van der Waals surface area contributed by atoms with Gasteiger partial charge in [0.1, 0.15) is 11.5 Å². The van der Waals surface area contributed by atoms with Crippen LogP contribution in [-0.4, -0.2) is 30.2 Å². The molecule has 4 aromatic rings. The second kappa shape index (κ2) is 7.23. The lowest BCUT2D eigenvalue weighted by atomic mass is 10.1. The molecule has 0 aliphatic heterocycles. The summed E-state index contributed by atoms with van der Waals surface area (Å²) < 4.78 is 24.9. The van der Waals surface area contributed by atoms with Crippen LogP contribution in [0.5, 0.6) is 0 Å². The summed E-state index contributed by atoms with van der Waals surface area (Å²) in [7, 11) is 1.67. The highest BCUT2D eigenvalue weighted by atomic mass is 32.1. The van der Waals surface area contributed by atoms with Gasteiger partial charge in [-0.15, -0.1) is 0 Å². The van der Waals surface area contributed by atoms with Gasteiger partial charge in [0.05, 0.1) is 16.8 Å². The molecule has 5 nitrogen and oxygen atoms in total. The van der Waals surface area contributed by atoms with Gasteiger partial charge in [-0.2, -0.15) is 0 Å². The van der Waals surface area contributed by atoms with E-state index in [2.05, 4.69) is 15.3 Å². The van der Waals surface area contributed by atoms with Crippen LogP contribution in [0.1, 0.15) is 0 Å². The molecule has 0 spiro atoms. The maximum atomic E-state index is 13.2. The number of hydrogen-bond acceptors (Lipinski definition) is 6. The summed E-state index contributed by atoms with van der Waals surface area (Å²) >= 11 is 1.57. The number of nitrogens with zero attached hydrogens (tertiary/aromatic N) is 2. The molecule has 2 aromatic heterocycles. The van der Waals surface area contributed by atoms with Crippen molar-refractivity contribution in [2.45, 2.75) is 0 Å². The number of anilines is 1. The number of aromatic nitrogens is 2. The molecule has 0 saturated carbocycles. The number of ether oxygens (including phenoxy) is 1. The quantitative estimate of drug-likeness (QED) is 0.494. The van der Waals surface area contributed by atoms with Crippen LogP contribution in [0, 0.1) is 5.82 Å². The molecule has 26 heavy (non-hydrogen) atoms. The first-order chi connectivity index (χ1) is 12.7. The number of halogens is 1. The standard InChI is InChI=1S/C19H16FN3O2S/c1-24-9-8-21-19-23-15-7-4-13(10-16(15)26-19)18-17(22-11-25-18)12-2-5-14(20)6-3-12/h2-7,10-11H,8-9H2,1H3,(H,21,23). The first kappa shape index (κ1) is 16.7. The molecular weight excluding hydrogens is 353 g/mol. The molecule has 1 N–H and O–H groups in total. The number of benzene rings is 2. The van der Waals surface area contributed by atoms with E-state index in [-0.39, 0.29) is 5.82 Å². The van der Waals surface area contributed by atoms with Crippen molar-refractivity contribution in [1.82, 2.24) is 9.97 Å². The number of thiazole rings is 1. The van der Waals surface area contributed by atoms with Gasteiger partial charge in [0, 0.05) is 24.8 Å². The van der Waals surface area contributed by atoms with Crippen molar-refractivity contribution in [3.05, 3.63) is 54.7 Å². The summed E-state index contributed by atoms with van der Waals surface area (Å²) in [6.45, 7) is 1.33. The topological polar surface area (TPSA) is 60.2 Å². The Balaban J connectivity index is 1.67. The number of nitrogens with one attached hydrogen (secondary N) is 1. The van der Waals surface area contributed by atoms with Crippen molar-refractivity contribution < 1.29 is 13.5 Å². The van der Waals surface area contributed by atoms with E-state index in [1.165, 1.54) is 18.5 Å². The molecule has 0 aliphatic rings. The number of hydrogen-bond donors (Lipinski definition) is 1.